The molecular weight excluding hydrogens is 242 g/mol. The molecule has 0 amide bonds. The summed E-state index contributed by atoms with van der Waals surface area (Å²) in [7, 11) is 1.28. The molecule has 0 atom stereocenters. The van der Waals surface area contributed by atoms with E-state index in [1.165, 1.54) is 13.1 Å². The fourth-order valence-electron chi connectivity index (χ4n) is 1.61. The van der Waals surface area contributed by atoms with E-state index in [1.807, 2.05) is 0 Å². The zero-order chi connectivity index (χ0) is 13.4. The molecule has 0 aliphatic carbocycles. The minimum atomic E-state index is -0.667. The summed E-state index contributed by atoms with van der Waals surface area (Å²) in [5.41, 5.74) is 0.786. The number of hydrogen-bond acceptors (Lipinski definition) is 6. The van der Waals surface area contributed by atoms with E-state index in [4.69, 9.17) is 5.84 Å². The predicted octanol–water partition coefficient (Wildman–Crippen LogP) is -0.579. The molecule has 0 spiro atoms. The average Bonchev–Trinajstić information content (AvgIpc) is 2.34. The van der Waals surface area contributed by atoms with Crippen LogP contribution in [0.15, 0.2) is 21.7 Å². The van der Waals surface area contributed by atoms with Crippen LogP contribution in [0, 0.1) is 10.1 Å². The van der Waals surface area contributed by atoms with Crippen LogP contribution in [-0.4, -0.2) is 14.5 Å². The Morgan fingerprint density at radius 3 is 2.67 bits per heavy atom. The molecule has 2 rings (SSSR count). The zero-order valence-electron chi connectivity index (χ0n) is 9.26. The third kappa shape index (κ3) is 1.62. The van der Waals surface area contributed by atoms with Crippen molar-refractivity contribution in [1.82, 2.24) is 9.55 Å². The maximum atomic E-state index is 11.8. The molecule has 0 fully saturated rings. The Hall–Kier alpha value is -2.68. The van der Waals surface area contributed by atoms with Gasteiger partial charge >= 0.3 is 5.69 Å². The SMILES string of the molecule is Cn1c(=O)[nH]c2cc(NN)c([N+](=O)[O-])cc2c1=O. The summed E-state index contributed by atoms with van der Waals surface area (Å²) in [5.74, 6) is 5.16. The van der Waals surface area contributed by atoms with Gasteiger partial charge in [-0.1, -0.05) is 0 Å². The molecule has 4 N–H and O–H groups in total. The van der Waals surface area contributed by atoms with Gasteiger partial charge in [0.25, 0.3) is 11.2 Å². The van der Waals surface area contributed by atoms with E-state index in [0.29, 0.717) is 0 Å². The molecule has 9 nitrogen and oxygen atoms in total. The summed E-state index contributed by atoms with van der Waals surface area (Å²) < 4.78 is 0.835. The van der Waals surface area contributed by atoms with Crippen molar-refractivity contribution in [3.05, 3.63) is 43.1 Å². The lowest BCUT2D eigenvalue weighted by Crippen LogP contribution is -2.32. The zero-order valence-corrected chi connectivity index (χ0v) is 9.26. The largest absolute Gasteiger partial charge is 0.328 e. The summed E-state index contributed by atoms with van der Waals surface area (Å²) in [4.78, 5) is 35.8. The molecule has 0 unspecified atom stereocenters. The van der Waals surface area contributed by atoms with Gasteiger partial charge in [0.15, 0.2) is 0 Å². The summed E-state index contributed by atoms with van der Waals surface area (Å²) in [6.07, 6.45) is 0. The smallest absolute Gasteiger partial charge is 0.318 e. The third-order valence-corrected chi connectivity index (χ3v) is 2.57. The molecule has 0 saturated heterocycles. The summed E-state index contributed by atoms with van der Waals surface area (Å²) in [5, 5.41) is 10.9. The number of fused-ring (bicyclic) bond motifs is 1. The Balaban J connectivity index is 2.97. The van der Waals surface area contributed by atoms with Gasteiger partial charge in [-0.05, 0) is 6.07 Å². The second-order valence-electron chi connectivity index (χ2n) is 3.61. The van der Waals surface area contributed by atoms with E-state index in [2.05, 4.69) is 10.4 Å². The van der Waals surface area contributed by atoms with Crippen molar-refractivity contribution in [2.24, 2.45) is 12.9 Å². The van der Waals surface area contributed by atoms with Crippen molar-refractivity contribution in [1.29, 1.82) is 0 Å². The number of hydrazine groups is 1. The highest BCUT2D eigenvalue weighted by atomic mass is 16.6. The monoisotopic (exact) mass is 251 g/mol. The van der Waals surface area contributed by atoms with Gasteiger partial charge in [0.1, 0.15) is 5.69 Å². The highest BCUT2D eigenvalue weighted by molar-refractivity contribution is 5.86. The van der Waals surface area contributed by atoms with E-state index in [9.17, 15) is 19.7 Å². The van der Waals surface area contributed by atoms with Crippen LogP contribution >= 0.6 is 0 Å². The van der Waals surface area contributed by atoms with Crippen molar-refractivity contribution in [2.45, 2.75) is 0 Å². The van der Waals surface area contributed by atoms with Crippen LogP contribution < -0.4 is 22.5 Å². The Kier molecular flexibility index (Phi) is 2.60. The Morgan fingerprint density at radius 1 is 1.44 bits per heavy atom. The van der Waals surface area contributed by atoms with E-state index in [-0.39, 0.29) is 22.3 Å². The van der Waals surface area contributed by atoms with Gasteiger partial charge in [0, 0.05) is 13.1 Å². The minimum Gasteiger partial charge on any atom is -0.318 e. The molecular formula is C9H9N5O4. The van der Waals surface area contributed by atoms with Gasteiger partial charge in [-0.15, -0.1) is 0 Å². The van der Waals surface area contributed by atoms with Gasteiger partial charge in [0.05, 0.1) is 15.8 Å². The summed E-state index contributed by atoms with van der Waals surface area (Å²) in [6.45, 7) is 0. The van der Waals surface area contributed by atoms with E-state index < -0.39 is 16.2 Å². The standard InChI is InChI=1S/C9H9N5O4/c1-13-8(15)4-2-7(14(17)18)6(12-10)3-5(4)11-9(13)16/h2-3,12H,10H2,1H3,(H,11,16). The first-order chi connectivity index (χ1) is 8.45. The van der Waals surface area contributed by atoms with E-state index in [1.54, 1.807) is 0 Å². The van der Waals surface area contributed by atoms with Crippen LogP contribution in [0.25, 0.3) is 10.9 Å². The second-order valence-corrected chi connectivity index (χ2v) is 3.61. The normalized spacial score (nSPS) is 10.6. The molecule has 0 bridgehead atoms. The van der Waals surface area contributed by atoms with Crippen molar-refractivity contribution in [3.63, 3.8) is 0 Å². The van der Waals surface area contributed by atoms with Gasteiger partial charge < -0.3 is 10.4 Å². The number of nitrogens with one attached hydrogen (secondary N) is 2. The van der Waals surface area contributed by atoms with Crippen molar-refractivity contribution >= 4 is 22.3 Å². The molecule has 0 radical (unpaired) electrons. The molecule has 94 valence electrons. The molecule has 0 saturated carbocycles. The molecule has 2 aromatic rings. The van der Waals surface area contributed by atoms with Crippen molar-refractivity contribution < 1.29 is 4.92 Å². The van der Waals surface area contributed by atoms with Crippen LogP contribution in [0.3, 0.4) is 0 Å². The van der Waals surface area contributed by atoms with E-state index >= 15 is 0 Å². The lowest BCUT2D eigenvalue weighted by atomic mass is 10.2. The number of H-pyrrole nitrogens is 1. The lowest BCUT2D eigenvalue weighted by molar-refractivity contribution is -0.383. The number of benzene rings is 1. The number of nitrogens with two attached hydrogens (primary N) is 1. The highest BCUT2D eigenvalue weighted by Crippen LogP contribution is 2.26. The Morgan fingerprint density at radius 2 is 2.11 bits per heavy atom. The summed E-state index contributed by atoms with van der Waals surface area (Å²) >= 11 is 0. The van der Waals surface area contributed by atoms with Crippen molar-refractivity contribution in [2.75, 3.05) is 5.43 Å². The van der Waals surface area contributed by atoms with Gasteiger partial charge in [-0.25, -0.2) is 4.79 Å². The summed E-state index contributed by atoms with van der Waals surface area (Å²) in [6, 6.07) is 2.32. The number of hydrogen-bond donors (Lipinski definition) is 3. The minimum absolute atomic E-state index is 0.0106. The number of nitrogen functional groups attached to an aromatic ring is 1. The molecule has 9 heteroatoms. The van der Waals surface area contributed by atoms with E-state index in [0.717, 1.165) is 10.6 Å². The number of rotatable bonds is 2. The maximum Gasteiger partial charge on any atom is 0.328 e. The topological polar surface area (TPSA) is 136 Å². The number of anilines is 1. The van der Waals surface area contributed by atoms with Gasteiger partial charge in [-0.3, -0.25) is 25.3 Å². The Labute approximate surface area is 99.0 Å². The first kappa shape index (κ1) is 11.8. The number of nitrogens with zero attached hydrogens (tertiary/aromatic N) is 2. The Bertz CT molecular complexity index is 760. The highest BCUT2D eigenvalue weighted by Gasteiger charge is 2.17. The average molecular weight is 251 g/mol. The number of nitro benzene ring substituents is 1. The number of nitro groups is 1. The van der Waals surface area contributed by atoms with Crippen LogP contribution in [0.2, 0.25) is 0 Å². The fraction of sp³-hybridized carbons (Fsp3) is 0.111. The number of aromatic nitrogens is 2. The first-order valence-electron chi connectivity index (χ1n) is 4.83. The van der Waals surface area contributed by atoms with Gasteiger partial charge in [0.2, 0.25) is 0 Å². The van der Waals surface area contributed by atoms with Crippen LogP contribution in [0.5, 0.6) is 0 Å². The fourth-order valence-corrected chi connectivity index (χ4v) is 1.61. The lowest BCUT2D eigenvalue weighted by Gasteiger charge is -2.05. The molecule has 1 aromatic heterocycles. The first-order valence-corrected chi connectivity index (χ1v) is 4.83. The van der Waals surface area contributed by atoms with Crippen LogP contribution in [0.4, 0.5) is 11.4 Å². The third-order valence-electron chi connectivity index (χ3n) is 2.57. The van der Waals surface area contributed by atoms with Crippen molar-refractivity contribution in [3.8, 4) is 0 Å². The molecule has 18 heavy (non-hydrogen) atoms. The molecule has 0 aliphatic rings. The predicted molar refractivity (Wildman–Crippen MR) is 64.3 cm³/mol. The molecule has 1 heterocycles. The van der Waals surface area contributed by atoms with Crippen LogP contribution in [0.1, 0.15) is 0 Å². The molecule has 0 aliphatic heterocycles. The quantitative estimate of drug-likeness (QED) is 0.371. The van der Waals surface area contributed by atoms with Gasteiger partial charge in [-0.2, -0.15) is 0 Å². The van der Waals surface area contributed by atoms with Crippen LogP contribution in [-0.2, 0) is 7.05 Å². The maximum absolute atomic E-state index is 11.8. The second kappa shape index (κ2) is 3.96. The molecule has 1 aromatic carbocycles. The number of aromatic amines is 1.